The van der Waals surface area contributed by atoms with Crippen molar-refractivity contribution in [1.29, 1.82) is 0 Å². The van der Waals surface area contributed by atoms with Gasteiger partial charge in [-0.05, 0) is 26.7 Å². The number of amides is 2. The Kier molecular flexibility index (Phi) is 3.74. The molecule has 0 radical (unpaired) electrons. The van der Waals surface area contributed by atoms with Gasteiger partial charge < -0.3 is 20.5 Å². The maximum Gasteiger partial charge on any atom is 0.328 e. The van der Waals surface area contributed by atoms with Gasteiger partial charge in [-0.2, -0.15) is 0 Å². The molecule has 0 saturated heterocycles. The van der Waals surface area contributed by atoms with Gasteiger partial charge in [-0.15, -0.1) is 0 Å². The first kappa shape index (κ1) is 12.8. The minimum Gasteiger partial charge on any atom is -0.480 e. The number of aliphatic carboxylic acids is 1. The summed E-state index contributed by atoms with van der Waals surface area (Å²) in [5, 5.41) is 13.9. The highest BCUT2D eigenvalue weighted by Crippen LogP contribution is 2.22. The largest absolute Gasteiger partial charge is 0.480 e. The van der Waals surface area contributed by atoms with Crippen molar-refractivity contribution in [3.05, 3.63) is 0 Å². The van der Waals surface area contributed by atoms with E-state index in [2.05, 4.69) is 10.6 Å². The van der Waals surface area contributed by atoms with Crippen molar-refractivity contribution in [3.63, 3.8) is 0 Å². The highest BCUT2D eigenvalue weighted by atomic mass is 16.5. The Bertz CT molecular complexity index is 285. The number of methoxy groups -OCH3 is 1. The summed E-state index contributed by atoms with van der Waals surface area (Å²) in [5.74, 6) is -1.06. The number of urea groups is 1. The van der Waals surface area contributed by atoms with E-state index in [-0.39, 0.29) is 12.1 Å². The number of rotatable bonds is 4. The van der Waals surface area contributed by atoms with Crippen molar-refractivity contribution in [2.75, 3.05) is 7.11 Å². The van der Waals surface area contributed by atoms with Crippen LogP contribution in [0.15, 0.2) is 0 Å². The summed E-state index contributed by atoms with van der Waals surface area (Å²) >= 11 is 0. The van der Waals surface area contributed by atoms with Gasteiger partial charge in [-0.25, -0.2) is 9.59 Å². The van der Waals surface area contributed by atoms with Gasteiger partial charge >= 0.3 is 12.0 Å². The maximum absolute atomic E-state index is 11.4. The number of carboxylic acids is 1. The van der Waals surface area contributed by atoms with Crippen molar-refractivity contribution in [1.82, 2.24) is 10.6 Å². The van der Waals surface area contributed by atoms with Crippen LogP contribution in [-0.2, 0) is 9.53 Å². The predicted molar refractivity (Wildman–Crippen MR) is 57.2 cm³/mol. The third kappa shape index (κ3) is 3.10. The minimum atomic E-state index is -1.26. The summed E-state index contributed by atoms with van der Waals surface area (Å²) in [4.78, 5) is 22.2. The van der Waals surface area contributed by atoms with Crippen LogP contribution >= 0.6 is 0 Å². The second-order valence-corrected chi connectivity index (χ2v) is 4.55. The molecule has 1 aliphatic carbocycles. The average Bonchev–Trinajstić information content (AvgIpc) is 2.09. The molecular formula is C10H18N2O4. The molecule has 6 heteroatoms. The highest BCUT2D eigenvalue weighted by Gasteiger charge is 2.33. The van der Waals surface area contributed by atoms with Gasteiger partial charge in [0.15, 0.2) is 0 Å². The zero-order chi connectivity index (χ0) is 12.3. The Labute approximate surface area is 94.3 Å². The van der Waals surface area contributed by atoms with Crippen LogP contribution in [0.2, 0.25) is 0 Å². The van der Waals surface area contributed by atoms with E-state index in [0.29, 0.717) is 0 Å². The molecule has 0 bridgehead atoms. The molecule has 0 spiro atoms. The molecule has 1 rings (SSSR count). The molecule has 0 unspecified atom stereocenters. The van der Waals surface area contributed by atoms with Gasteiger partial charge in [-0.1, -0.05) is 0 Å². The molecule has 0 atom stereocenters. The van der Waals surface area contributed by atoms with Crippen LogP contribution in [0.5, 0.6) is 0 Å². The lowest BCUT2D eigenvalue weighted by molar-refractivity contribution is -0.142. The number of carbonyl (C=O) groups excluding carboxylic acids is 1. The molecule has 0 aromatic carbocycles. The van der Waals surface area contributed by atoms with Gasteiger partial charge in [0, 0.05) is 13.2 Å². The van der Waals surface area contributed by atoms with Crippen LogP contribution in [0.4, 0.5) is 4.79 Å². The molecule has 92 valence electrons. The normalized spacial score (nSPS) is 24.4. The molecule has 3 N–H and O–H groups in total. The zero-order valence-electron chi connectivity index (χ0n) is 9.74. The van der Waals surface area contributed by atoms with Gasteiger partial charge in [0.1, 0.15) is 5.54 Å². The number of nitrogens with one attached hydrogen (secondary N) is 2. The average molecular weight is 230 g/mol. The van der Waals surface area contributed by atoms with E-state index in [1.54, 1.807) is 7.11 Å². The maximum atomic E-state index is 11.4. The highest BCUT2D eigenvalue weighted by molar-refractivity contribution is 5.85. The number of ether oxygens (including phenoxy) is 1. The van der Waals surface area contributed by atoms with Crippen molar-refractivity contribution >= 4 is 12.0 Å². The molecule has 16 heavy (non-hydrogen) atoms. The smallest absolute Gasteiger partial charge is 0.328 e. The first-order valence-corrected chi connectivity index (χ1v) is 5.20. The van der Waals surface area contributed by atoms with Crippen LogP contribution in [0.25, 0.3) is 0 Å². The van der Waals surface area contributed by atoms with Gasteiger partial charge in [0.2, 0.25) is 0 Å². The molecule has 2 amide bonds. The van der Waals surface area contributed by atoms with Gasteiger partial charge in [0.25, 0.3) is 0 Å². The van der Waals surface area contributed by atoms with Crippen molar-refractivity contribution < 1.29 is 19.4 Å². The number of hydrogen-bond donors (Lipinski definition) is 3. The lowest BCUT2D eigenvalue weighted by Crippen LogP contribution is -2.57. The fourth-order valence-electron chi connectivity index (χ4n) is 1.43. The summed E-state index contributed by atoms with van der Waals surface area (Å²) in [5.41, 5.74) is -1.26. The van der Waals surface area contributed by atoms with E-state index in [0.717, 1.165) is 12.8 Å². The topological polar surface area (TPSA) is 87.7 Å². The van der Waals surface area contributed by atoms with Gasteiger partial charge in [-0.3, -0.25) is 0 Å². The Balaban J connectivity index is 2.29. The van der Waals surface area contributed by atoms with E-state index < -0.39 is 17.5 Å². The Morgan fingerprint density at radius 2 is 1.94 bits per heavy atom. The first-order chi connectivity index (χ1) is 7.35. The van der Waals surface area contributed by atoms with Crippen molar-refractivity contribution in [3.8, 4) is 0 Å². The number of carbonyl (C=O) groups is 2. The zero-order valence-corrected chi connectivity index (χ0v) is 9.74. The lowest BCUT2D eigenvalue weighted by atomic mass is 9.89. The summed E-state index contributed by atoms with van der Waals surface area (Å²) in [7, 11) is 1.63. The molecule has 1 fully saturated rings. The van der Waals surface area contributed by atoms with Crippen LogP contribution < -0.4 is 10.6 Å². The molecule has 0 aromatic heterocycles. The molecule has 6 nitrogen and oxygen atoms in total. The second kappa shape index (κ2) is 4.69. The summed E-state index contributed by atoms with van der Waals surface area (Å²) in [6.45, 7) is 2.88. The fourth-order valence-corrected chi connectivity index (χ4v) is 1.43. The Hall–Kier alpha value is -1.30. The van der Waals surface area contributed by atoms with E-state index >= 15 is 0 Å². The molecule has 0 aromatic rings. The molecular weight excluding hydrogens is 212 g/mol. The molecule has 1 saturated carbocycles. The third-order valence-corrected chi connectivity index (χ3v) is 2.72. The van der Waals surface area contributed by atoms with E-state index in [1.165, 1.54) is 13.8 Å². The van der Waals surface area contributed by atoms with E-state index in [9.17, 15) is 9.59 Å². The SMILES string of the molecule is COC1CC(NC(=O)NC(C)(C)C(=O)O)C1. The Morgan fingerprint density at radius 3 is 2.38 bits per heavy atom. The molecule has 0 aliphatic heterocycles. The van der Waals surface area contributed by atoms with Gasteiger partial charge in [0.05, 0.1) is 6.10 Å². The summed E-state index contributed by atoms with van der Waals surface area (Å²) in [6.07, 6.45) is 1.76. The van der Waals surface area contributed by atoms with Crippen LogP contribution in [0, 0.1) is 0 Å². The van der Waals surface area contributed by atoms with E-state index in [4.69, 9.17) is 9.84 Å². The van der Waals surface area contributed by atoms with Crippen LogP contribution in [-0.4, -0.2) is 41.9 Å². The number of hydrogen-bond acceptors (Lipinski definition) is 3. The lowest BCUT2D eigenvalue weighted by Gasteiger charge is -2.35. The van der Waals surface area contributed by atoms with Crippen LogP contribution in [0.3, 0.4) is 0 Å². The van der Waals surface area contributed by atoms with Crippen molar-refractivity contribution in [2.24, 2.45) is 0 Å². The second-order valence-electron chi connectivity index (χ2n) is 4.55. The first-order valence-electron chi connectivity index (χ1n) is 5.20. The third-order valence-electron chi connectivity index (χ3n) is 2.72. The van der Waals surface area contributed by atoms with E-state index in [1.807, 2.05) is 0 Å². The fraction of sp³-hybridized carbons (Fsp3) is 0.800. The standard InChI is InChI=1S/C10H18N2O4/c1-10(2,8(13)14)12-9(15)11-6-4-7(5-6)16-3/h6-7H,4-5H2,1-3H3,(H,13,14)(H2,11,12,15). The molecule has 0 heterocycles. The summed E-state index contributed by atoms with van der Waals surface area (Å²) < 4.78 is 5.07. The quantitative estimate of drug-likeness (QED) is 0.649. The van der Waals surface area contributed by atoms with Crippen LogP contribution in [0.1, 0.15) is 26.7 Å². The minimum absolute atomic E-state index is 0.0783. The predicted octanol–water partition coefficient (Wildman–Crippen LogP) is 0.326. The van der Waals surface area contributed by atoms with Crippen molar-refractivity contribution in [2.45, 2.75) is 44.4 Å². The Morgan fingerprint density at radius 1 is 1.38 bits per heavy atom. The number of carboxylic acid groups (broad SMARTS) is 1. The summed E-state index contributed by atoms with van der Waals surface area (Å²) in [6, 6.07) is -0.374. The monoisotopic (exact) mass is 230 g/mol. The molecule has 1 aliphatic rings.